The number of hydrogen-bond donors (Lipinski definition) is 1. The predicted octanol–water partition coefficient (Wildman–Crippen LogP) is 17.5. The normalized spacial score (nSPS) is 13.5. The fourth-order valence-corrected chi connectivity index (χ4v) is 10.9. The van der Waals surface area contributed by atoms with Crippen LogP contribution in [0.1, 0.15) is 22.9 Å². The zero-order valence-corrected chi connectivity index (χ0v) is 40.2. The van der Waals surface area contributed by atoms with E-state index in [1.165, 1.54) is 33.0 Å². The van der Waals surface area contributed by atoms with Crippen molar-refractivity contribution in [3.63, 3.8) is 0 Å². The summed E-state index contributed by atoms with van der Waals surface area (Å²) in [7, 11) is 0. The van der Waals surface area contributed by atoms with Gasteiger partial charge in [-0.15, -0.1) is 0 Å². The average Bonchev–Trinajstić information content (AvgIpc) is 4.04. The SMILES string of the molecule is c1ccc(-c2ccc(C3=NC(c4cc(-c5ccccc5)c(-n5c6ccc(-c7ccccc7)cc6c6cc(-c7ccccc7)ccc65)c(-c5ccccc5)c4)=NC(c4cccc5oc6ccccc6c45)N3)cc2)cc1. The van der Waals surface area contributed by atoms with Gasteiger partial charge >= 0.3 is 0 Å². The van der Waals surface area contributed by atoms with Crippen LogP contribution >= 0.6 is 0 Å². The number of fused-ring (bicyclic) bond motifs is 6. The van der Waals surface area contributed by atoms with Gasteiger partial charge in [-0.3, -0.25) is 0 Å². The number of rotatable bonds is 9. The lowest BCUT2D eigenvalue weighted by molar-refractivity contribution is 0.662. The Morgan fingerprint density at radius 1 is 0.351 bits per heavy atom. The number of furan rings is 1. The van der Waals surface area contributed by atoms with Crippen molar-refractivity contribution in [2.45, 2.75) is 6.17 Å². The highest BCUT2D eigenvalue weighted by molar-refractivity contribution is 6.17. The molecule has 14 rings (SSSR count). The molecule has 0 radical (unpaired) electrons. The highest BCUT2D eigenvalue weighted by atomic mass is 16.3. The number of amidine groups is 2. The topological polar surface area (TPSA) is 54.8 Å². The molecule has 348 valence electrons. The van der Waals surface area contributed by atoms with Crippen LogP contribution in [-0.2, 0) is 0 Å². The number of nitrogens with zero attached hydrogens (tertiary/aromatic N) is 3. The van der Waals surface area contributed by atoms with Crippen molar-refractivity contribution in [3.8, 4) is 61.3 Å². The van der Waals surface area contributed by atoms with Gasteiger partial charge in [0.25, 0.3) is 0 Å². The molecule has 1 unspecified atom stereocenters. The van der Waals surface area contributed by atoms with E-state index in [4.69, 9.17) is 14.4 Å². The standard InChI is InChI=1S/C69H46N4O/c1-6-19-45(20-7-1)48-33-35-51(36-34-48)67-70-68(72-69(71-67)56-30-18-32-64-65(56)55-29-16-17-31-63(55)74-64)54-43-57(49-25-12-4-13-26-49)66(58(44-54)50-27-14-5-15-28-50)73-61-39-37-52(46-21-8-2-9-22-46)41-59(61)60-42-53(38-40-62(60)73)47-23-10-3-11-24-47/h1-44,69H,(H,70,71,72). The minimum absolute atomic E-state index is 0.494. The van der Waals surface area contributed by atoms with E-state index in [2.05, 4.69) is 259 Å². The first-order chi connectivity index (χ1) is 36.7. The summed E-state index contributed by atoms with van der Waals surface area (Å²) in [5.74, 6) is 1.37. The molecule has 5 nitrogen and oxygen atoms in total. The third-order valence-corrected chi connectivity index (χ3v) is 14.5. The molecule has 0 fully saturated rings. The maximum Gasteiger partial charge on any atom is 0.159 e. The summed E-state index contributed by atoms with van der Waals surface area (Å²) in [6.45, 7) is 0. The molecule has 11 aromatic carbocycles. The summed E-state index contributed by atoms with van der Waals surface area (Å²) in [6, 6.07) is 95.0. The molecule has 0 spiro atoms. The summed E-state index contributed by atoms with van der Waals surface area (Å²) in [4.78, 5) is 11.1. The fourth-order valence-electron chi connectivity index (χ4n) is 10.9. The van der Waals surface area contributed by atoms with Crippen molar-refractivity contribution >= 4 is 55.4 Å². The molecule has 1 aliphatic rings. The molecular weight excluding hydrogens is 901 g/mol. The molecule has 1 N–H and O–H groups in total. The van der Waals surface area contributed by atoms with E-state index in [1.54, 1.807) is 0 Å². The van der Waals surface area contributed by atoms with Crippen molar-refractivity contribution < 1.29 is 4.42 Å². The Morgan fingerprint density at radius 3 is 1.35 bits per heavy atom. The molecule has 0 bridgehead atoms. The van der Waals surface area contributed by atoms with Crippen LogP contribution in [0.3, 0.4) is 0 Å². The molecular formula is C69H46N4O. The minimum atomic E-state index is -0.494. The largest absolute Gasteiger partial charge is 0.456 e. The molecule has 13 aromatic rings. The number of aromatic nitrogens is 1. The van der Waals surface area contributed by atoms with E-state index in [-0.39, 0.29) is 0 Å². The van der Waals surface area contributed by atoms with Crippen LogP contribution in [0.25, 0.3) is 105 Å². The van der Waals surface area contributed by atoms with Gasteiger partial charge in [0.15, 0.2) is 5.84 Å². The number of nitrogens with one attached hydrogen (secondary N) is 1. The van der Waals surface area contributed by atoms with Crippen LogP contribution in [0.15, 0.2) is 281 Å². The van der Waals surface area contributed by atoms with Crippen LogP contribution < -0.4 is 5.32 Å². The summed E-state index contributed by atoms with van der Waals surface area (Å²) in [6.07, 6.45) is -0.494. The molecule has 0 amide bonds. The van der Waals surface area contributed by atoms with Crippen LogP contribution in [0.4, 0.5) is 0 Å². The van der Waals surface area contributed by atoms with E-state index < -0.39 is 6.17 Å². The van der Waals surface area contributed by atoms with Crippen molar-refractivity contribution in [1.29, 1.82) is 0 Å². The molecule has 2 aromatic heterocycles. The van der Waals surface area contributed by atoms with Gasteiger partial charge in [0.1, 0.15) is 23.2 Å². The van der Waals surface area contributed by atoms with Crippen LogP contribution in [0.5, 0.6) is 0 Å². The summed E-state index contributed by atoms with van der Waals surface area (Å²) >= 11 is 0. The molecule has 0 aliphatic carbocycles. The Morgan fingerprint density at radius 2 is 0.797 bits per heavy atom. The quantitative estimate of drug-likeness (QED) is 0.157. The second kappa shape index (κ2) is 18.1. The Kier molecular flexibility index (Phi) is 10.5. The van der Waals surface area contributed by atoms with Gasteiger partial charge in [0, 0.05) is 49.4 Å². The summed E-state index contributed by atoms with van der Waals surface area (Å²) in [5, 5.41) is 8.25. The molecule has 1 aliphatic heterocycles. The number of aliphatic imine (C=N–C) groups is 2. The minimum Gasteiger partial charge on any atom is -0.456 e. The van der Waals surface area contributed by atoms with E-state index in [1.807, 2.05) is 18.2 Å². The van der Waals surface area contributed by atoms with Gasteiger partial charge in [0.2, 0.25) is 0 Å². The van der Waals surface area contributed by atoms with Gasteiger partial charge in [-0.2, -0.15) is 0 Å². The second-order valence-electron chi connectivity index (χ2n) is 18.9. The summed E-state index contributed by atoms with van der Waals surface area (Å²) in [5.41, 5.74) is 19.1. The Balaban J connectivity index is 1.03. The van der Waals surface area contributed by atoms with Crippen molar-refractivity contribution in [2.24, 2.45) is 9.98 Å². The lowest BCUT2D eigenvalue weighted by atomic mass is 9.92. The van der Waals surface area contributed by atoms with Crippen LogP contribution in [0.2, 0.25) is 0 Å². The second-order valence-corrected chi connectivity index (χ2v) is 18.9. The van der Waals surface area contributed by atoms with Gasteiger partial charge in [0.05, 0.1) is 16.7 Å². The highest BCUT2D eigenvalue weighted by Crippen LogP contribution is 2.45. The molecule has 0 saturated carbocycles. The molecule has 0 saturated heterocycles. The lowest BCUT2D eigenvalue weighted by Crippen LogP contribution is -2.33. The van der Waals surface area contributed by atoms with Gasteiger partial charge in [-0.1, -0.05) is 218 Å². The maximum atomic E-state index is 6.45. The Labute approximate surface area is 428 Å². The predicted molar refractivity (Wildman–Crippen MR) is 307 cm³/mol. The number of benzene rings is 11. The zero-order chi connectivity index (χ0) is 49.0. The average molecular weight is 947 g/mol. The fraction of sp³-hybridized carbons (Fsp3) is 0.0145. The first-order valence-corrected chi connectivity index (χ1v) is 25.2. The van der Waals surface area contributed by atoms with Crippen molar-refractivity contribution in [2.75, 3.05) is 0 Å². The molecule has 1 atom stereocenters. The highest BCUT2D eigenvalue weighted by Gasteiger charge is 2.28. The Bertz CT molecular complexity index is 4130. The van der Waals surface area contributed by atoms with E-state index >= 15 is 0 Å². The molecule has 5 heteroatoms. The maximum absolute atomic E-state index is 6.45. The number of para-hydroxylation sites is 1. The third kappa shape index (κ3) is 7.58. The van der Waals surface area contributed by atoms with Gasteiger partial charge in [-0.05, 0) is 93.0 Å². The van der Waals surface area contributed by atoms with Crippen molar-refractivity contribution in [3.05, 3.63) is 284 Å². The van der Waals surface area contributed by atoms with Crippen LogP contribution in [-0.4, -0.2) is 16.2 Å². The smallest absolute Gasteiger partial charge is 0.159 e. The first-order valence-electron chi connectivity index (χ1n) is 25.2. The molecule has 74 heavy (non-hydrogen) atoms. The first kappa shape index (κ1) is 43.0. The van der Waals surface area contributed by atoms with Gasteiger partial charge in [-0.25, -0.2) is 9.98 Å². The van der Waals surface area contributed by atoms with E-state index in [0.29, 0.717) is 5.84 Å². The zero-order valence-electron chi connectivity index (χ0n) is 40.2. The lowest BCUT2D eigenvalue weighted by Gasteiger charge is -2.26. The Hall–Kier alpha value is -9.84. The van der Waals surface area contributed by atoms with Crippen molar-refractivity contribution in [1.82, 2.24) is 9.88 Å². The molecule has 3 heterocycles. The van der Waals surface area contributed by atoms with E-state index in [9.17, 15) is 0 Å². The van der Waals surface area contributed by atoms with E-state index in [0.717, 1.165) is 94.6 Å². The summed E-state index contributed by atoms with van der Waals surface area (Å²) < 4.78 is 8.94. The number of hydrogen-bond acceptors (Lipinski definition) is 4. The van der Waals surface area contributed by atoms with Crippen LogP contribution in [0, 0.1) is 0 Å². The van der Waals surface area contributed by atoms with Gasteiger partial charge < -0.3 is 14.3 Å². The monoisotopic (exact) mass is 946 g/mol. The third-order valence-electron chi connectivity index (χ3n) is 14.5.